The number of aromatic nitrogens is 4. The van der Waals surface area contributed by atoms with Gasteiger partial charge in [0, 0.05) is 35.3 Å². The Balaban J connectivity index is 1.10. The minimum atomic E-state index is -3.91. The number of fused-ring (bicyclic) bond motifs is 3. The normalized spacial score (nSPS) is 19.3. The van der Waals surface area contributed by atoms with Gasteiger partial charge in [-0.3, -0.25) is 9.59 Å². The average Bonchev–Trinajstić information content (AvgIpc) is 4.05. The number of ether oxygens (including phenoxy) is 2. The van der Waals surface area contributed by atoms with E-state index < -0.39 is 34.1 Å². The Morgan fingerprint density at radius 2 is 1.11 bits per heavy atom. The number of hydrogen-bond donors (Lipinski definition) is 4. The lowest BCUT2D eigenvalue weighted by atomic mass is 10.0. The van der Waals surface area contributed by atoms with Gasteiger partial charge in [0.2, 0.25) is 21.7 Å². The molecule has 2 saturated heterocycles. The second-order valence-electron chi connectivity index (χ2n) is 15.4. The molecule has 4 N–H and O–H groups in total. The predicted molar refractivity (Wildman–Crippen MR) is 208 cm³/mol. The van der Waals surface area contributed by atoms with Gasteiger partial charge in [0.25, 0.3) is 0 Å². The average molecular weight is 801 g/mol. The fourth-order valence-corrected chi connectivity index (χ4v) is 9.82. The van der Waals surface area contributed by atoms with Crippen LogP contribution in [0.2, 0.25) is 0 Å². The van der Waals surface area contributed by atoms with Crippen molar-refractivity contribution in [2.45, 2.75) is 87.3 Å². The van der Waals surface area contributed by atoms with E-state index in [0.717, 1.165) is 12.8 Å². The third-order valence-corrected chi connectivity index (χ3v) is 13.0. The summed E-state index contributed by atoms with van der Waals surface area (Å²) in [5.74, 6) is 0.380. The Morgan fingerprint density at radius 1 is 0.702 bits per heavy atom. The van der Waals surface area contributed by atoms with Gasteiger partial charge in [0.15, 0.2) is 0 Å². The quantitative estimate of drug-likeness (QED) is 0.142. The second kappa shape index (κ2) is 15.7. The summed E-state index contributed by atoms with van der Waals surface area (Å²) < 4.78 is 37.7. The molecule has 302 valence electrons. The number of likely N-dealkylation sites (tertiary alicyclic amines) is 2. The van der Waals surface area contributed by atoms with Crippen molar-refractivity contribution in [3.8, 4) is 33.6 Å². The lowest BCUT2D eigenvalue weighted by molar-refractivity contribution is -0.136. The summed E-state index contributed by atoms with van der Waals surface area (Å²) in [6, 6.07) is 8.38. The molecular weight excluding hydrogens is 753 g/mol. The minimum Gasteiger partial charge on any atom is -0.453 e. The maximum atomic E-state index is 14.1. The van der Waals surface area contributed by atoms with Crippen LogP contribution in [-0.2, 0) is 28.9 Å². The molecular formula is C40H48N8O8S. The Kier molecular flexibility index (Phi) is 10.9. The highest BCUT2D eigenvalue weighted by Gasteiger charge is 2.40. The number of amides is 4. The SMILES string of the molecule is COC(=O)N[C@H](C(=O)N1CCC[C@H]1c1ncc(-c2ccc3c(c2)S(=O)(=O)c2cc(-c4cnc([C@@H]5CCCN5C(=O)[C@@H](NC(=O)OC)C(C)C)[nH]4)ccc2-3)[nH]1)C(C)C. The number of benzene rings is 2. The third kappa shape index (κ3) is 7.35. The van der Waals surface area contributed by atoms with E-state index in [2.05, 4.69) is 30.6 Å². The molecule has 17 heteroatoms. The lowest BCUT2D eigenvalue weighted by Gasteiger charge is -2.30. The number of alkyl carbamates (subject to hydrolysis) is 2. The van der Waals surface area contributed by atoms with Crippen LogP contribution in [0.1, 0.15) is 77.1 Å². The van der Waals surface area contributed by atoms with Crippen LogP contribution >= 0.6 is 0 Å². The largest absolute Gasteiger partial charge is 0.453 e. The van der Waals surface area contributed by atoms with Gasteiger partial charge in [-0.15, -0.1) is 0 Å². The predicted octanol–water partition coefficient (Wildman–Crippen LogP) is 5.37. The van der Waals surface area contributed by atoms with Crippen LogP contribution in [0, 0.1) is 11.8 Å². The first-order valence-electron chi connectivity index (χ1n) is 19.2. The van der Waals surface area contributed by atoms with E-state index in [1.54, 1.807) is 46.5 Å². The summed E-state index contributed by atoms with van der Waals surface area (Å²) in [4.78, 5) is 70.9. The monoisotopic (exact) mass is 800 g/mol. The van der Waals surface area contributed by atoms with Gasteiger partial charge in [0.05, 0.1) is 59.9 Å². The third-order valence-electron chi connectivity index (χ3n) is 11.1. The number of nitrogens with zero attached hydrogens (tertiary/aromatic N) is 4. The molecule has 5 heterocycles. The van der Waals surface area contributed by atoms with Crippen LogP contribution in [0.4, 0.5) is 9.59 Å². The van der Waals surface area contributed by atoms with Crippen molar-refractivity contribution in [1.82, 2.24) is 40.4 Å². The van der Waals surface area contributed by atoms with E-state index in [0.29, 0.717) is 71.2 Å². The summed E-state index contributed by atoms with van der Waals surface area (Å²) in [5, 5.41) is 5.31. The fraction of sp³-hybridized carbons (Fsp3) is 0.450. The van der Waals surface area contributed by atoms with Crippen molar-refractivity contribution < 1.29 is 37.1 Å². The van der Waals surface area contributed by atoms with Crippen molar-refractivity contribution in [3.05, 3.63) is 60.4 Å². The highest BCUT2D eigenvalue weighted by molar-refractivity contribution is 7.92. The molecule has 57 heavy (non-hydrogen) atoms. The molecule has 0 aliphatic carbocycles. The molecule has 0 bridgehead atoms. The molecule has 3 aliphatic rings. The van der Waals surface area contributed by atoms with Crippen LogP contribution in [0.3, 0.4) is 0 Å². The fourth-order valence-electron chi connectivity index (χ4n) is 8.08. The molecule has 16 nitrogen and oxygen atoms in total. The number of aromatic amines is 2. The van der Waals surface area contributed by atoms with Crippen LogP contribution < -0.4 is 10.6 Å². The van der Waals surface area contributed by atoms with E-state index in [4.69, 9.17) is 9.47 Å². The van der Waals surface area contributed by atoms with Crippen LogP contribution in [0.15, 0.2) is 58.6 Å². The van der Waals surface area contributed by atoms with Crippen molar-refractivity contribution in [2.24, 2.45) is 11.8 Å². The van der Waals surface area contributed by atoms with Crippen molar-refractivity contribution >= 4 is 33.8 Å². The number of carbonyl (C=O) groups is 4. The van der Waals surface area contributed by atoms with Gasteiger partial charge >= 0.3 is 12.2 Å². The van der Waals surface area contributed by atoms with Crippen molar-refractivity contribution in [1.29, 1.82) is 0 Å². The molecule has 0 spiro atoms. The molecule has 3 aliphatic heterocycles. The molecule has 4 aromatic rings. The zero-order valence-corrected chi connectivity index (χ0v) is 33.6. The van der Waals surface area contributed by atoms with Gasteiger partial charge in [-0.25, -0.2) is 28.0 Å². The van der Waals surface area contributed by atoms with Crippen LogP contribution in [-0.4, -0.2) is 102 Å². The van der Waals surface area contributed by atoms with Gasteiger partial charge in [-0.1, -0.05) is 52.0 Å². The minimum absolute atomic E-state index is 0.169. The molecule has 7 rings (SSSR count). The number of carbonyl (C=O) groups excluding carboxylic acids is 4. The number of methoxy groups -OCH3 is 2. The molecule has 0 saturated carbocycles. The molecule has 4 amide bonds. The highest BCUT2D eigenvalue weighted by atomic mass is 32.2. The summed E-state index contributed by atoms with van der Waals surface area (Å²) in [6.45, 7) is 8.45. The van der Waals surface area contributed by atoms with Crippen molar-refractivity contribution in [3.63, 3.8) is 0 Å². The smallest absolute Gasteiger partial charge is 0.407 e. The summed E-state index contributed by atoms with van der Waals surface area (Å²) >= 11 is 0. The van der Waals surface area contributed by atoms with Gasteiger partial charge in [0.1, 0.15) is 23.7 Å². The van der Waals surface area contributed by atoms with Gasteiger partial charge in [-0.2, -0.15) is 0 Å². The van der Waals surface area contributed by atoms with Crippen molar-refractivity contribution in [2.75, 3.05) is 27.3 Å². The second-order valence-corrected chi connectivity index (χ2v) is 17.3. The number of nitrogens with one attached hydrogen (secondary N) is 4. The summed E-state index contributed by atoms with van der Waals surface area (Å²) in [7, 11) is -1.39. The molecule has 2 aromatic carbocycles. The number of hydrogen-bond acceptors (Lipinski definition) is 10. The Morgan fingerprint density at radius 3 is 1.47 bits per heavy atom. The Bertz CT molecular complexity index is 2160. The summed E-state index contributed by atoms with van der Waals surface area (Å²) in [5.41, 5.74) is 3.66. The first kappa shape index (κ1) is 39.5. The number of sulfone groups is 1. The Labute approximate surface area is 331 Å². The molecule has 2 fully saturated rings. The molecule has 4 atom stereocenters. The molecule has 0 unspecified atom stereocenters. The number of imidazole rings is 2. The first-order valence-corrected chi connectivity index (χ1v) is 20.7. The zero-order chi connectivity index (χ0) is 40.8. The standard InChI is InChI=1S/C40H48N8O8S/c1-21(2)33(45-39(51)55-5)37(49)47-15-7-9-29(47)35-41-19-27(43-35)23-11-13-25-26-14-12-24(18-32(26)57(53,54)31(25)17-23)28-20-42-36(44-28)30-10-8-16-48(30)38(50)34(22(3)4)46-40(52)56-6/h11-14,17-22,29-30,33-34H,7-10,15-16H2,1-6H3,(H,41,43)(H,42,44)(H,45,51)(H,46,52)/t29-,30-,33-,34-/m0/s1. The van der Waals surface area contributed by atoms with E-state index >= 15 is 0 Å². The lowest BCUT2D eigenvalue weighted by Crippen LogP contribution is -2.51. The van der Waals surface area contributed by atoms with E-state index in [1.807, 2.05) is 39.8 Å². The first-order chi connectivity index (χ1) is 27.2. The van der Waals surface area contributed by atoms with Gasteiger partial charge in [-0.05, 0) is 49.7 Å². The molecule has 2 aromatic heterocycles. The number of H-pyrrole nitrogens is 2. The molecule has 0 radical (unpaired) electrons. The maximum Gasteiger partial charge on any atom is 0.407 e. The zero-order valence-electron chi connectivity index (χ0n) is 32.8. The number of rotatable bonds is 10. The topological polar surface area (TPSA) is 209 Å². The van der Waals surface area contributed by atoms with E-state index in [9.17, 15) is 27.6 Å². The highest BCUT2D eigenvalue weighted by Crippen LogP contribution is 2.46. The van der Waals surface area contributed by atoms with Crippen LogP contribution in [0.5, 0.6) is 0 Å². The maximum absolute atomic E-state index is 14.1. The van der Waals surface area contributed by atoms with Crippen LogP contribution in [0.25, 0.3) is 33.6 Å². The van der Waals surface area contributed by atoms with Gasteiger partial charge < -0.3 is 39.9 Å². The van der Waals surface area contributed by atoms with E-state index in [1.165, 1.54) is 14.2 Å². The summed E-state index contributed by atoms with van der Waals surface area (Å²) in [6.07, 6.45) is 4.83. The van der Waals surface area contributed by atoms with E-state index in [-0.39, 0.29) is 45.5 Å². The Hall–Kier alpha value is -5.71.